The van der Waals surface area contributed by atoms with Crippen LogP contribution in [0.1, 0.15) is 5.56 Å². The van der Waals surface area contributed by atoms with Gasteiger partial charge in [0.2, 0.25) is 10.0 Å². The van der Waals surface area contributed by atoms with Gasteiger partial charge in [0.05, 0.1) is 5.75 Å². The lowest BCUT2D eigenvalue weighted by Crippen LogP contribution is -2.44. The summed E-state index contributed by atoms with van der Waals surface area (Å²) in [6.07, 6.45) is 0. The minimum atomic E-state index is -3.21. The third-order valence-electron chi connectivity index (χ3n) is 3.89. The Labute approximate surface area is 182 Å². The van der Waals surface area contributed by atoms with Gasteiger partial charge in [-0.1, -0.05) is 23.7 Å². The highest BCUT2D eigenvalue weighted by Gasteiger charge is 2.23. The number of rotatable bonds is 6. The van der Waals surface area contributed by atoms with Crippen molar-refractivity contribution in [3.8, 4) is 0 Å². The minimum absolute atomic E-state index is 0. The van der Waals surface area contributed by atoms with Crippen molar-refractivity contribution in [1.82, 2.24) is 14.5 Å². The van der Waals surface area contributed by atoms with Gasteiger partial charge in [-0.2, -0.15) is 11.8 Å². The van der Waals surface area contributed by atoms with Crippen LogP contribution in [0.15, 0.2) is 29.3 Å². The average Bonchev–Trinajstić information content (AvgIpc) is 2.59. The Bertz CT molecular complexity index is 697. The van der Waals surface area contributed by atoms with Gasteiger partial charge in [-0.15, -0.1) is 24.0 Å². The van der Waals surface area contributed by atoms with Gasteiger partial charge in [0.15, 0.2) is 5.96 Å². The molecule has 0 spiro atoms. The predicted molar refractivity (Wildman–Crippen MR) is 122 cm³/mol. The molecule has 0 aromatic heterocycles. The smallest absolute Gasteiger partial charge is 0.215 e. The second kappa shape index (κ2) is 11.6. The second-order valence-corrected chi connectivity index (χ2v) is 9.54. The molecule has 1 fully saturated rings. The maximum absolute atomic E-state index is 12.4. The highest BCUT2D eigenvalue weighted by atomic mass is 127. The summed E-state index contributed by atoms with van der Waals surface area (Å²) in [6.45, 7) is 2.18. The number of nitrogens with zero attached hydrogens (tertiary/aromatic N) is 3. The van der Waals surface area contributed by atoms with Gasteiger partial charge in [-0.25, -0.2) is 12.7 Å². The fraction of sp³-hybridized carbons (Fsp3) is 0.562. The van der Waals surface area contributed by atoms with E-state index in [1.165, 1.54) is 0 Å². The number of hydrogen-bond donors (Lipinski definition) is 1. The number of thioether (sulfide) groups is 1. The first-order valence-corrected chi connectivity index (χ1v) is 11.3. The zero-order valence-corrected chi connectivity index (χ0v) is 19.7. The maximum atomic E-state index is 12.4. The van der Waals surface area contributed by atoms with Gasteiger partial charge < -0.3 is 10.2 Å². The van der Waals surface area contributed by atoms with E-state index in [0.717, 1.165) is 17.1 Å². The number of benzene rings is 1. The number of hydrogen-bond acceptors (Lipinski definition) is 4. The van der Waals surface area contributed by atoms with Crippen molar-refractivity contribution in [3.63, 3.8) is 0 Å². The number of sulfonamides is 1. The third-order valence-corrected chi connectivity index (χ3v) is 6.94. The Morgan fingerprint density at radius 3 is 2.69 bits per heavy atom. The number of halogens is 2. The molecule has 148 valence electrons. The molecule has 6 nitrogen and oxygen atoms in total. The van der Waals surface area contributed by atoms with Crippen LogP contribution < -0.4 is 5.32 Å². The molecule has 1 aliphatic rings. The summed E-state index contributed by atoms with van der Waals surface area (Å²) in [7, 11) is 0.386. The van der Waals surface area contributed by atoms with E-state index in [0.29, 0.717) is 37.2 Å². The second-order valence-electron chi connectivity index (χ2n) is 5.79. The van der Waals surface area contributed by atoms with Crippen molar-refractivity contribution in [1.29, 1.82) is 0 Å². The van der Waals surface area contributed by atoms with Crippen molar-refractivity contribution in [2.24, 2.45) is 4.99 Å². The number of aliphatic imine (C=N–C) groups is 1. The molecule has 26 heavy (non-hydrogen) atoms. The summed E-state index contributed by atoms with van der Waals surface area (Å²) in [5.41, 5.74) is 1.07. The lowest BCUT2D eigenvalue weighted by atomic mass is 10.2. The van der Waals surface area contributed by atoms with Crippen LogP contribution in [0.25, 0.3) is 0 Å². The topological polar surface area (TPSA) is 65.0 Å². The third kappa shape index (κ3) is 7.41. The summed E-state index contributed by atoms with van der Waals surface area (Å²) < 4.78 is 26.3. The molecule has 0 radical (unpaired) electrons. The number of guanidine groups is 1. The van der Waals surface area contributed by atoms with Crippen LogP contribution in [0.4, 0.5) is 0 Å². The number of nitrogens with one attached hydrogen (secondary N) is 1. The Morgan fingerprint density at radius 1 is 1.38 bits per heavy atom. The Kier molecular flexibility index (Phi) is 10.6. The maximum Gasteiger partial charge on any atom is 0.215 e. The monoisotopic (exact) mass is 532 g/mol. The molecule has 0 amide bonds. The van der Waals surface area contributed by atoms with E-state index < -0.39 is 10.0 Å². The van der Waals surface area contributed by atoms with Gasteiger partial charge in [0.25, 0.3) is 0 Å². The molecule has 1 saturated heterocycles. The predicted octanol–water partition coefficient (Wildman–Crippen LogP) is 2.34. The van der Waals surface area contributed by atoms with Crippen molar-refractivity contribution in [3.05, 3.63) is 34.9 Å². The van der Waals surface area contributed by atoms with Crippen LogP contribution in [-0.4, -0.2) is 74.6 Å². The van der Waals surface area contributed by atoms with E-state index in [9.17, 15) is 8.42 Å². The van der Waals surface area contributed by atoms with Gasteiger partial charge in [-0.05, 0) is 17.7 Å². The molecule has 2 rings (SSSR count). The quantitative estimate of drug-likeness (QED) is 0.346. The fourth-order valence-electron chi connectivity index (χ4n) is 2.61. The summed E-state index contributed by atoms with van der Waals surface area (Å²) in [5.74, 6) is 2.47. The first-order chi connectivity index (χ1) is 11.9. The van der Waals surface area contributed by atoms with E-state index in [1.54, 1.807) is 23.1 Å². The highest BCUT2D eigenvalue weighted by molar-refractivity contribution is 14.0. The SMILES string of the molecule is CN=C(NCCS(=O)(=O)N1CCSCC1)N(C)Cc1cccc(Cl)c1.I. The fourth-order valence-corrected chi connectivity index (χ4v) is 5.32. The molecule has 1 heterocycles. The van der Waals surface area contributed by atoms with Crippen LogP contribution in [0, 0.1) is 0 Å². The van der Waals surface area contributed by atoms with Crippen LogP contribution in [0.5, 0.6) is 0 Å². The lowest BCUT2D eigenvalue weighted by molar-refractivity contribution is 0.442. The van der Waals surface area contributed by atoms with E-state index in [1.807, 2.05) is 36.2 Å². The molecule has 10 heteroatoms. The van der Waals surface area contributed by atoms with Gasteiger partial charge in [0.1, 0.15) is 0 Å². The van der Waals surface area contributed by atoms with E-state index in [2.05, 4.69) is 10.3 Å². The molecular formula is C16H26ClIN4O2S2. The lowest BCUT2D eigenvalue weighted by Gasteiger charge is -2.26. The normalized spacial score (nSPS) is 16.0. The van der Waals surface area contributed by atoms with Crippen molar-refractivity contribution < 1.29 is 8.42 Å². The summed E-state index contributed by atoms with van der Waals surface area (Å²) in [5, 5.41) is 3.83. The van der Waals surface area contributed by atoms with E-state index in [-0.39, 0.29) is 29.7 Å². The summed E-state index contributed by atoms with van der Waals surface area (Å²) >= 11 is 7.81. The molecule has 0 aliphatic carbocycles. The summed E-state index contributed by atoms with van der Waals surface area (Å²) in [6, 6.07) is 7.64. The summed E-state index contributed by atoms with van der Waals surface area (Å²) in [4.78, 5) is 6.17. The van der Waals surface area contributed by atoms with Crippen LogP contribution in [0.3, 0.4) is 0 Å². The molecule has 0 unspecified atom stereocenters. The van der Waals surface area contributed by atoms with Gasteiger partial charge in [0, 0.05) is 56.8 Å². The standard InChI is InChI=1S/C16H25ClN4O2S2.HI/c1-18-16(20(2)13-14-4-3-5-15(17)12-14)19-6-11-25(22,23)21-7-9-24-10-8-21;/h3-5,12H,6-11,13H2,1-2H3,(H,18,19);1H. The Morgan fingerprint density at radius 2 is 2.08 bits per heavy atom. The van der Waals surface area contributed by atoms with Crippen molar-refractivity contribution in [2.75, 3.05) is 51.0 Å². The molecule has 1 aromatic carbocycles. The van der Waals surface area contributed by atoms with Crippen LogP contribution >= 0.6 is 47.3 Å². The molecule has 1 N–H and O–H groups in total. The van der Waals surface area contributed by atoms with Crippen LogP contribution in [-0.2, 0) is 16.6 Å². The van der Waals surface area contributed by atoms with Crippen molar-refractivity contribution in [2.45, 2.75) is 6.54 Å². The highest BCUT2D eigenvalue weighted by Crippen LogP contribution is 2.13. The largest absolute Gasteiger partial charge is 0.355 e. The zero-order valence-electron chi connectivity index (χ0n) is 15.0. The van der Waals surface area contributed by atoms with Gasteiger partial charge >= 0.3 is 0 Å². The zero-order chi connectivity index (χ0) is 18.3. The van der Waals surface area contributed by atoms with E-state index in [4.69, 9.17) is 11.6 Å². The minimum Gasteiger partial charge on any atom is -0.355 e. The first kappa shape index (κ1) is 23.8. The van der Waals surface area contributed by atoms with E-state index >= 15 is 0 Å². The van der Waals surface area contributed by atoms with Gasteiger partial charge in [-0.3, -0.25) is 4.99 Å². The molecule has 0 bridgehead atoms. The molecule has 1 aromatic rings. The molecule has 0 atom stereocenters. The molecule has 0 saturated carbocycles. The first-order valence-electron chi connectivity index (χ1n) is 8.14. The molecule has 1 aliphatic heterocycles. The van der Waals surface area contributed by atoms with Crippen molar-refractivity contribution >= 4 is 63.3 Å². The Hall–Kier alpha value is -0.230. The van der Waals surface area contributed by atoms with Crippen LogP contribution in [0.2, 0.25) is 5.02 Å². The molecular weight excluding hydrogens is 507 g/mol. The Balaban J connectivity index is 0.00000338. The average molecular weight is 533 g/mol.